The van der Waals surface area contributed by atoms with Gasteiger partial charge < -0.3 is 9.32 Å². The molecule has 1 aromatic carbocycles. The molecule has 1 unspecified atom stereocenters. The van der Waals surface area contributed by atoms with Crippen molar-refractivity contribution in [3.63, 3.8) is 0 Å². The van der Waals surface area contributed by atoms with Crippen LogP contribution < -0.4 is 5.56 Å². The zero-order chi connectivity index (χ0) is 22.1. The molecule has 4 heterocycles. The first-order valence-corrected chi connectivity index (χ1v) is 12.6. The Bertz CT molecular complexity index is 1300. The van der Waals surface area contributed by atoms with Crippen LogP contribution in [0.2, 0.25) is 0 Å². The molecule has 1 saturated heterocycles. The van der Waals surface area contributed by atoms with Crippen molar-refractivity contribution in [3.8, 4) is 17.0 Å². The van der Waals surface area contributed by atoms with E-state index in [4.69, 9.17) is 9.40 Å². The third-order valence-electron chi connectivity index (χ3n) is 5.83. The average Bonchev–Trinajstić information content (AvgIpc) is 3.48. The Hall–Kier alpha value is -2.84. The Labute approximate surface area is 193 Å². The van der Waals surface area contributed by atoms with Gasteiger partial charge in [-0.2, -0.15) is 0 Å². The standard InChI is InChI=1S/C24H23N3O3S2/c1-16-8-5-6-12-26(16)20(28)15-32-24-25-22-21(18(14-31-22)19-11-7-13-30-19)23(29)27(24)17-9-3-2-4-10-17/h2-4,7,9-11,13-14,16H,5-6,8,12,15H2,1H3. The van der Waals surface area contributed by atoms with Crippen molar-refractivity contribution in [2.24, 2.45) is 0 Å². The average molecular weight is 466 g/mol. The summed E-state index contributed by atoms with van der Waals surface area (Å²) >= 11 is 2.74. The second-order valence-electron chi connectivity index (χ2n) is 7.90. The SMILES string of the molecule is CC1CCCCN1C(=O)CSc1nc2scc(-c3ccco3)c2c(=O)n1-c1ccccc1. The number of amides is 1. The molecule has 3 aromatic heterocycles. The lowest BCUT2D eigenvalue weighted by atomic mass is 10.0. The highest BCUT2D eigenvalue weighted by atomic mass is 32.2. The number of benzene rings is 1. The number of fused-ring (bicyclic) bond motifs is 1. The molecule has 0 bridgehead atoms. The first-order valence-electron chi connectivity index (χ1n) is 10.7. The third kappa shape index (κ3) is 3.89. The summed E-state index contributed by atoms with van der Waals surface area (Å²) in [7, 11) is 0. The van der Waals surface area contributed by atoms with Crippen LogP contribution in [0.5, 0.6) is 0 Å². The molecule has 1 aliphatic rings. The van der Waals surface area contributed by atoms with Gasteiger partial charge in [0.15, 0.2) is 5.16 Å². The molecule has 32 heavy (non-hydrogen) atoms. The summed E-state index contributed by atoms with van der Waals surface area (Å²) < 4.78 is 7.16. The number of furan rings is 1. The van der Waals surface area contributed by atoms with Gasteiger partial charge in [0.1, 0.15) is 10.6 Å². The molecule has 1 amide bonds. The number of piperidine rings is 1. The van der Waals surface area contributed by atoms with Crippen molar-refractivity contribution < 1.29 is 9.21 Å². The molecule has 4 aromatic rings. The largest absolute Gasteiger partial charge is 0.464 e. The summed E-state index contributed by atoms with van der Waals surface area (Å²) in [5.74, 6) is 0.994. The lowest BCUT2D eigenvalue weighted by molar-refractivity contribution is -0.131. The number of carbonyl (C=O) groups excluding carboxylic acids is 1. The van der Waals surface area contributed by atoms with Gasteiger partial charge in [-0.1, -0.05) is 30.0 Å². The molecular formula is C24H23N3O3S2. The first-order chi connectivity index (χ1) is 15.6. The second kappa shape index (κ2) is 8.96. The normalized spacial score (nSPS) is 16.5. The fraction of sp³-hybridized carbons (Fsp3) is 0.292. The highest BCUT2D eigenvalue weighted by Gasteiger charge is 2.25. The maximum atomic E-state index is 13.7. The van der Waals surface area contributed by atoms with Gasteiger partial charge in [-0.15, -0.1) is 11.3 Å². The molecule has 0 spiro atoms. The number of carbonyl (C=O) groups is 1. The minimum atomic E-state index is -0.157. The van der Waals surface area contributed by atoms with Crippen LogP contribution in [-0.4, -0.2) is 38.7 Å². The minimum absolute atomic E-state index is 0.0959. The molecule has 0 radical (unpaired) electrons. The number of para-hydroxylation sites is 1. The van der Waals surface area contributed by atoms with E-state index in [-0.39, 0.29) is 23.3 Å². The molecular weight excluding hydrogens is 442 g/mol. The number of thioether (sulfide) groups is 1. The Morgan fingerprint density at radius 2 is 2.06 bits per heavy atom. The quantitative estimate of drug-likeness (QED) is 0.299. The van der Waals surface area contributed by atoms with E-state index in [1.807, 2.05) is 46.7 Å². The van der Waals surface area contributed by atoms with E-state index >= 15 is 0 Å². The summed E-state index contributed by atoms with van der Waals surface area (Å²) in [6.07, 6.45) is 4.85. The molecule has 1 atom stereocenters. The first kappa shape index (κ1) is 21.0. The van der Waals surface area contributed by atoms with E-state index in [0.717, 1.165) is 30.6 Å². The van der Waals surface area contributed by atoms with Crippen molar-refractivity contribution in [3.05, 3.63) is 64.5 Å². The summed E-state index contributed by atoms with van der Waals surface area (Å²) in [6, 6.07) is 13.4. The summed E-state index contributed by atoms with van der Waals surface area (Å²) in [5, 5.41) is 2.97. The smallest absolute Gasteiger partial charge is 0.268 e. The van der Waals surface area contributed by atoms with E-state index in [0.29, 0.717) is 21.1 Å². The highest BCUT2D eigenvalue weighted by molar-refractivity contribution is 7.99. The molecule has 5 rings (SSSR count). The molecule has 1 fully saturated rings. The van der Waals surface area contributed by atoms with Gasteiger partial charge in [0.25, 0.3) is 5.56 Å². The van der Waals surface area contributed by atoms with Crippen molar-refractivity contribution >= 4 is 39.2 Å². The van der Waals surface area contributed by atoms with E-state index in [1.165, 1.54) is 29.5 Å². The highest BCUT2D eigenvalue weighted by Crippen LogP contribution is 2.33. The zero-order valence-corrected chi connectivity index (χ0v) is 19.3. The number of hydrogen-bond donors (Lipinski definition) is 0. The van der Waals surface area contributed by atoms with Crippen molar-refractivity contribution in [2.45, 2.75) is 37.4 Å². The van der Waals surface area contributed by atoms with Crippen LogP contribution in [-0.2, 0) is 4.79 Å². The van der Waals surface area contributed by atoms with Crippen molar-refractivity contribution in [1.82, 2.24) is 14.5 Å². The topological polar surface area (TPSA) is 68.3 Å². The van der Waals surface area contributed by atoms with Crippen LogP contribution >= 0.6 is 23.1 Å². The molecule has 6 nitrogen and oxygen atoms in total. The Morgan fingerprint density at radius 3 is 2.81 bits per heavy atom. The lowest BCUT2D eigenvalue weighted by Crippen LogP contribution is -2.43. The number of rotatable bonds is 5. The van der Waals surface area contributed by atoms with Crippen LogP contribution in [0.15, 0.2) is 68.5 Å². The predicted octanol–water partition coefficient (Wildman–Crippen LogP) is 5.20. The van der Waals surface area contributed by atoms with Gasteiger partial charge in [-0.05, 0) is 50.5 Å². The molecule has 0 saturated carbocycles. The van der Waals surface area contributed by atoms with Gasteiger partial charge in [-0.3, -0.25) is 14.2 Å². The van der Waals surface area contributed by atoms with Crippen LogP contribution in [0.4, 0.5) is 0 Å². The molecule has 1 aliphatic heterocycles. The fourth-order valence-electron chi connectivity index (χ4n) is 4.16. The maximum Gasteiger partial charge on any atom is 0.268 e. The van der Waals surface area contributed by atoms with Gasteiger partial charge in [0.2, 0.25) is 5.91 Å². The van der Waals surface area contributed by atoms with E-state index in [9.17, 15) is 9.59 Å². The summed E-state index contributed by atoms with van der Waals surface area (Å²) in [5.41, 5.74) is 1.31. The monoisotopic (exact) mass is 465 g/mol. The van der Waals surface area contributed by atoms with Crippen molar-refractivity contribution in [2.75, 3.05) is 12.3 Å². The predicted molar refractivity (Wildman–Crippen MR) is 129 cm³/mol. The lowest BCUT2D eigenvalue weighted by Gasteiger charge is -2.33. The van der Waals surface area contributed by atoms with Gasteiger partial charge in [-0.25, -0.2) is 4.98 Å². The Morgan fingerprint density at radius 1 is 1.22 bits per heavy atom. The number of thiophene rings is 1. The van der Waals surface area contributed by atoms with Crippen LogP contribution in [0, 0.1) is 0 Å². The van der Waals surface area contributed by atoms with Gasteiger partial charge in [0, 0.05) is 23.5 Å². The third-order valence-corrected chi connectivity index (χ3v) is 7.62. The zero-order valence-electron chi connectivity index (χ0n) is 17.7. The van der Waals surface area contributed by atoms with Gasteiger partial charge >= 0.3 is 0 Å². The molecule has 8 heteroatoms. The fourth-order valence-corrected chi connectivity index (χ4v) is 6.03. The van der Waals surface area contributed by atoms with Crippen LogP contribution in [0.3, 0.4) is 0 Å². The molecule has 0 aliphatic carbocycles. The number of nitrogens with zero attached hydrogens (tertiary/aromatic N) is 3. The van der Waals surface area contributed by atoms with Gasteiger partial charge in [0.05, 0.1) is 23.1 Å². The minimum Gasteiger partial charge on any atom is -0.464 e. The second-order valence-corrected chi connectivity index (χ2v) is 9.70. The number of likely N-dealkylation sites (tertiary alicyclic amines) is 1. The molecule has 164 valence electrons. The number of hydrogen-bond acceptors (Lipinski definition) is 6. The molecule has 0 N–H and O–H groups in total. The summed E-state index contributed by atoms with van der Waals surface area (Å²) in [4.78, 5) is 34.0. The van der Waals surface area contributed by atoms with Crippen LogP contribution in [0.1, 0.15) is 26.2 Å². The number of aromatic nitrogens is 2. The van der Waals surface area contributed by atoms with Crippen LogP contribution in [0.25, 0.3) is 27.2 Å². The Balaban J connectivity index is 1.56. The van der Waals surface area contributed by atoms with Crippen molar-refractivity contribution in [1.29, 1.82) is 0 Å². The Kier molecular flexibility index (Phi) is 5.89. The maximum absolute atomic E-state index is 13.7. The van der Waals surface area contributed by atoms with E-state index < -0.39 is 0 Å². The van der Waals surface area contributed by atoms with E-state index in [1.54, 1.807) is 16.9 Å². The van der Waals surface area contributed by atoms with E-state index in [2.05, 4.69) is 6.92 Å². The summed E-state index contributed by atoms with van der Waals surface area (Å²) in [6.45, 7) is 2.91.